The fraction of sp³-hybridized carbons (Fsp3) is 0.500. The Kier molecular flexibility index (Phi) is 4.86. The molecule has 0 bridgehead atoms. The molecular weight excluding hydrogens is 354 g/mol. The van der Waals surface area contributed by atoms with Crippen molar-refractivity contribution in [3.05, 3.63) is 32.9 Å². The molecule has 0 spiro atoms. The van der Waals surface area contributed by atoms with E-state index in [2.05, 4.69) is 20.9 Å². The van der Waals surface area contributed by atoms with Gasteiger partial charge in [0.1, 0.15) is 5.15 Å². The zero-order valence-electron chi connectivity index (χ0n) is 12.6. The van der Waals surface area contributed by atoms with E-state index in [-0.39, 0.29) is 0 Å². The molecule has 2 N–H and O–H groups in total. The average molecular weight is 373 g/mol. The van der Waals surface area contributed by atoms with Gasteiger partial charge in [-0.25, -0.2) is 4.98 Å². The van der Waals surface area contributed by atoms with Crippen LogP contribution in [0.4, 0.5) is 0 Å². The SMILES string of the molecule is CC1(C)OB(C(=Cc2cc(Br)cnc2Cl)CN)OC1(C)C. The minimum absolute atomic E-state index is 0.319. The third kappa shape index (κ3) is 3.51. The van der Waals surface area contributed by atoms with Crippen molar-refractivity contribution in [2.24, 2.45) is 5.73 Å². The first kappa shape index (κ1) is 17.0. The predicted octanol–water partition coefficient (Wildman–Crippen LogP) is 3.47. The summed E-state index contributed by atoms with van der Waals surface area (Å²) in [7, 11) is -0.477. The molecule has 0 aliphatic carbocycles. The topological polar surface area (TPSA) is 57.4 Å². The van der Waals surface area contributed by atoms with Crippen molar-refractivity contribution in [2.75, 3.05) is 6.54 Å². The van der Waals surface area contributed by atoms with Gasteiger partial charge in [-0.2, -0.15) is 0 Å². The summed E-state index contributed by atoms with van der Waals surface area (Å²) < 4.78 is 12.9. The van der Waals surface area contributed by atoms with Crippen molar-refractivity contribution in [1.29, 1.82) is 0 Å². The molecule has 2 heterocycles. The molecule has 0 saturated carbocycles. The maximum absolute atomic E-state index is 6.12. The van der Waals surface area contributed by atoms with Crippen molar-refractivity contribution in [3.63, 3.8) is 0 Å². The highest BCUT2D eigenvalue weighted by molar-refractivity contribution is 9.10. The molecule has 1 fully saturated rings. The Hall–Kier alpha value is -0.395. The Morgan fingerprint density at radius 2 is 1.95 bits per heavy atom. The van der Waals surface area contributed by atoms with Gasteiger partial charge >= 0.3 is 7.12 Å². The zero-order chi connectivity index (χ0) is 15.8. The summed E-state index contributed by atoms with van der Waals surface area (Å²) in [4.78, 5) is 4.10. The van der Waals surface area contributed by atoms with Gasteiger partial charge in [0.15, 0.2) is 0 Å². The van der Waals surface area contributed by atoms with Gasteiger partial charge in [0.25, 0.3) is 0 Å². The van der Waals surface area contributed by atoms with E-state index in [1.165, 1.54) is 0 Å². The van der Waals surface area contributed by atoms with E-state index in [0.717, 1.165) is 15.5 Å². The summed E-state index contributed by atoms with van der Waals surface area (Å²) in [5, 5.41) is 0.417. The average Bonchev–Trinajstić information content (AvgIpc) is 2.59. The van der Waals surface area contributed by atoms with Crippen LogP contribution in [0.1, 0.15) is 33.3 Å². The molecule has 21 heavy (non-hydrogen) atoms. The molecular formula is C14H19BBrClN2O2. The molecule has 1 aromatic heterocycles. The van der Waals surface area contributed by atoms with Gasteiger partial charge in [-0.1, -0.05) is 17.7 Å². The number of pyridine rings is 1. The van der Waals surface area contributed by atoms with Gasteiger partial charge < -0.3 is 15.0 Å². The first-order chi connectivity index (χ1) is 9.66. The maximum Gasteiger partial charge on any atom is 0.491 e. The van der Waals surface area contributed by atoms with Crippen LogP contribution in [0.2, 0.25) is 5.15 Å². The second-order valence-corrected chi connectivity index (χ2v) is 7.32. The molecule has 1 aliphatic rings. The van der Waals surface area contributed by atoms with Crippen LogP contribution in [0, 0.1) is 0 Å². The predicted molar refractivity (Wildman–Crippen MR) is 90.1 cm³/mol. The van der Waals surface area contributed by atoms with E-state index in [0.29, 0.717) is 11.7 Å². The van der Waals surface area contributed by atoms with Crippen molar-refractivity contribution in [3.8, 4) is 0 Å². The molecule has 1 aliphatic heterocycles. The highest BCUT2D eigenvalue weighted by atomic mass is 79.9. The van der Waals surface area contributed by atoms with Crippen LogP contribution in [0.5, 0.6) is 0 Å². The number of nitrogens with two attached hydrogens (primary N) is 1. The molecule has 0 radical (unpaired) electrons. The molecule has 4 nitrogen and oxygen atoms in total. The van der Waals surface area contributed by atoms with Gasteiger partial charge in [-0.05, 0) is 55.2 Å². The number of rotatable bonds is 3. The lowest BCUT2D eigenvalue weighted by atomic mass is 9.77. The standard InChI is InChI=1S/C14H19BBrClN2O2/c1-13(2)14(3,4)21-15(20-13)10(7-18)5-9-6-11(16)8-19-12(9)17/h5-6,8H,7,18H2,1-4H3. The summed E-state index contributed by atoms with van der Waals surface area (Å²) >= 11 is 9.50. The molecule has 7 heteroatoms. The Bertz CT molecular complexity index is 562. The molecule has 0 aromatic carbocycles. The van der Waals surface area contributed by atoms with Gasteiger partial charge in [-0.3, -0.25) is 0 Å². The summed E-state index contributed by atoms with van der Waals surface area (Å²) in [5.41, 5.74) is 6.68. The van der Waals surface area contributed by atoms with E-state index in [4.69, 9.17) is 26.6 Å². The molecule has 1 aromatic rings. The molecule has 2 rings (SSSR count). The third-order valence-electron chi connectivity index (χ3n) is 3.97. The number of hydrogen-bond acceptors (Lipinski definition) is 4. The summed E-state index contributed by atoms with van der Waals surface area (Å²) in [6.45, 7) is 8.35. The lowest BCUT2D eigenvalue weighted by Gasteiger charge is -2.32. The smallest absolute Gasteiger partial charge is 0.400 e. The second kappa shape index (κ2) is 6.01. The third-order valence-corrected chi connectivity index (χ3v) is 4.71. The van der Waals surface area contributed by atoms with Crippen LogP contribution in [0.15, 0.2) is 22.2 Å². The minimum Gasteiger partial charge on any atom is -0.400 e. The van der Waals surface area contributed by atoms with Crippen molar-refractivity contribution < 1.29 is 9.31 Å². The Morgan fingerprint density at radius 1 is 1.38 bits per heavy atom. The molecule has 0 amide bonds. The first-order valence-electron chi connectivity index (χ1n) is 6.73. The Labute approximate surface area is 139 Å². The fourth-order valence-corrected chi connectivity index (χ4v) is 2.46. The zero-order valence-corrected chi connectivity index (χ0v) is 15.0. The Balaban J connectivity index is 2.33. The highest BCUT2D eigenvalue weighted by Crippen LogP contribution is 2.38. The van der Waals surface area contributed by atoms with E-state index in [9.17, 15) is 0 Å². The van der Waals surface area contributed by atoms with Gasteiger partial charge in [0.2, 0.25) is 0 Å². The first-order valence-corrected chi connectivity index (χ1v) is 7.90. The van der Waals surface area contributed by atoms with Gasteiger partial charge in [0, 0.05) is 22.8 Å². The molecule has 0 atom stereocenters. The van der Waals surface area contributed by atoms with Crippen LogP contribution in [-0.4, -0.2) is 29.8 Å². The number of halogens is 2. The summed E-state index contributed by atoms with van der Waals surface area (Å²) in [6.07, 6.45) is 3.53. The minimum atomic E-state index is -0.477. The Morgan fingerprint density at radius 3 is 2.48 bits per heavy atom. The quantitative estimate of drug-likeness (QED) is 0.651. The number of nitrogens with zero attached hydrogens (tertiary/aromatic N) is 1. The highest BCUT2D eigenvalue weighted by Gasteiger charge is 2.52. The largest absolute Gasteiger partial charge is 0.491 e. The number of aromatic nitrogens is 1. The lowest BCUT2D eigenvalue weighted by molar-refractivity contribution is 0.00578. The fourth-order valence-electron chi connectivity index (χ4n) is 1.96. The van der Waals surface area contributed by atoms with Crippen LogP contribution in [-0.2, 0) is 9.31 Å². The van der Waals surface area contributed by atoms with Crippen LogP contribution < -0.4 is 5.73 Å². The summed E-state index contributed by atoms with van der Waals surface area (Å²) in [6, 6.07) is 1.89. The monoisotopic (exact) mass is 372 g/mol. The maximum atomic E-state index is 6.12. The lowest BCUT2D eigenvalue weighted by Crippen LogP contribution is -2.41. The molecule has 114 valence electrons. The van der Waals surface area contributed by atoms with E-state index in [1.54, 1.807) is 6.20 Å². The van der Waals surface area contributed by atoms with Crippen molar-refractivity contribution in [1.82, 2.24) is 4.98 Å². The molecule has 1 saturated heterocycles. The van der Waals surface area contributed by atoms with Crippen LogP contribution in [0.25, 0.3) is 6.08 Å². The van der Waals surface area contributed by atoms with E-state index in [1.807, 2.05) is 39.8 Å². The number of hydrogen-bond donors (Lipinski definition) is 1. The van der Waals surface area contributed by atoms with Crippen LogP contribution in [0.3, 0.4) is 0 Å². The van der Waals surface area contributed by atoms with Crippen molar-refractivity contribution >= 4 is 40.7 Å². The normalized spacial score (nSPS) is 20.9. The van der Waals surface area contributed by atoms with Gasteiger partial charge in [0.05, 0.1) is 11.2 Å². The van der Waals surface area contributed by atoms with Gasteiger partial charge in [-0.15, -0.1) is 0 Å². The van der Waals surface area contributed by atoms with E-state index < -0.39 is 18.3 Å². The van der Waals surface area contributed by atoms with Crippen LogP contribution >= 0.6 is 27.5 Å². The van der Waals surface area contributed by atoms with E-state index >= 15 is 0 Å². The summed E-state index contributed by atoms with van der Waals surface area (Å²) in [5.74, 6) is 0. The van der Waals surface area contributed by atoms with Crippen molar-refractivity contribution in [2.45, 2.75) is 38.9 Å². The second-order valence-electron chi connectivity index (χ2n) is 6.05. The molecule has 0 unspecified atom stereocenters.